The molecule has 160 valence electrons. The number of para-hydroxylation sites is 1. The maximum atomic E-state index is 12.9. The topological polar surface area (TPSA) is 99.9 Å². The molecule has 2 aromatic carbocycles. The Labute approximate surface area is 175 Å². The minimum atomic E-state index is -1.58. The molecular formula is C22H26N2O6. The maximum Gasteiger partial charge on any atom is 0.326 e. The van der Waals surface area contributed by atoms with E-state index in [1.165, 1.54) is 14.2 Å². The summed E-state index contributed by atoms with van der Waals surface area (Å²) in [6, 6.07) is 13.2. The van der Waals surface area contributed by atoms with Crippen molar-refractivity contribution in [2.45, 2.75) is 36.9 Å². The van der Waals surface area contributed by atoms with Gasteiger partial charge in [0.1, 0.15) is 23.1 Å². The molecule has 1 fully saturated rings. The summed E-state index contributed by atoms with van der Waals surface area (Å²) in [6.45, 7) is 3.20. The Morgan fingerprint density at radius 1 is 1.03 bits per heavy atom. The third kappa shape index (κ3) is 3.17. The summed E-state index contributed by atoms with van der Waals surface area (Å²) >= 11 is 0. The van der Waals surface area contributed by atoms with Crippen LogP contribution in [0.4, 0.5) is 0 Å². The van der Waals surface area contributed by atoms with Gasteiger partial charge in [-0.2, -0.15) is 0 Å². The third-order valence-corrected chi connectivity index (χ3v) is 6.09. The van der Waals surface area contributed by atoms with Crippen LogP contribution >= 0.6 is 0 Å². The lowest BCUT2D eigenvalue weighted by atomic mass is 9.70. The Bertz CT molecular complexity index is 947. The molecule has 1 saturated heterocycles. The summed E-state index contributed by atoms with van der Waals surface area (Å²) in [7, 11) is 4.33. The lowest BCUT2D eigenvalue weighted by molar-refractivity contribution is -0.571. The second-order valence-electron chi connectivity index (χ2n) is 7.70. The van der Waals surface area contributed by atoms with Gasteiger partial charge in [-0.3, -0.25) is 20.2 Å². The van der Waals surface area contributed by atoms with Gasteiger partial charge in [0, 0.05) is 17.4 Å². The number of nitrogens with zero attached hydrogens (tertiary/aromatic N) is 1. The van der Waals surface area contributed by atoms with Crippen molar-refractivity contribution in [2.75, 3.05) is 21.3 Å². The summed E-state index contributed by atoms with van der Waals surface area (Å²) in [4.78, 5) is 25.2. The number of esters is 1. The molecule has 8 heteroatoms. The van der Waals surface area contributed by atoms with Gasteiger partial charge < -0.3 is 14.2 Å². The molecule has 2 aromatic rings. The molecule has 30 heavy (non-hydrogen) atoms. The third-order valence-electron chi connectivity index (χ3n) is 6.09. The average Bonchev–Trinajstić information content (AvgIpc) is 3.02. The van der Waals surface area contributed by atoms with E-state index in [0.29, 0.717) is 22.6 Å². The Morgan fingerprint density at radius 3 is 2.20 bits per heavy atom. The quantitative estimate of drug-likeness (QED) is 0.440. The first-order chi connectivity index (χ1) is 14.2. The first-order valence-electron chi connectivity index (χ1n) is 9.51. The molecule has 0 bridgehead atoms. The Kier molecular flexibility index (Phi) is 5.72. The fourth-order valence-electron chi connectivity index (χ4n) is 4.64. The predicted molar refractivity (Wildman–Crippen MR) is 110 cm³/mol. The van der Waals surface area contributed by atoms with Crippen molar-refractivity contribution in [2.24, 2.45) is 0 Å². The van der Waals surface area contributed by atoms with E-state index in [9.17, 15) is 14.9 Å². The number of rotatable bonds is 6. The lowest BCUT2D eigenvalue weighted by Gasteiger charge is -2.32. The number of carbonyl (C=O) groups is 1. The Morgan fingerprint density at radius 2 is 1.67 bits per heavy atom. The van der Waals surface area contributed by atoms with Crippen molar-refractivity contribution in [3.8, 4) is 11.5 Å². The molecule has 1 aliphatic heterocycles. The number of nitro groups is 1. The minimum absolute atomic E-state index is 0.319. The SMILES string of the molecule is COC(=O)[C@@]1(C)N[C@@H](c2ccccc2OC)[C@](C)([N+](=O)[O-])[C@H]1c1ccc(OC)cc1. The molecule has 0 saturated carbocycles. The molecule has 0 radical (unpaired) electrons. The Hall–Kier alpha value is -3.13. The zero-order valence-corrected chi connectivity index (χ0v) is 17.7. The van der Waals surface area contributed by atoms with E-state index in [0.717, 1.165) is 0 Å². The van der Waals surface area contributed by atoms with E-state index in [2.05, 4.69) is 5.32 Å². The van der Waals surface area contributed by atoms with Crippen LogP contribution in [-0.2, 0) is 9.53 Å². The molecule has 1 heterocycles. The van der Waals surface area contributed by atoms with Gasteiger partial charge in [-0.15, -0.1) is 0 Å². The van der Waals surface area contributed by atoms with Crippen molar-refractivity contribution < 1.29 is 23.9 Å². The van der Waals surface area contributed by atoms with Crippen LogP contribution in [0.2, 0.25) is 0 Å². The number of hydrogen-bond donors (Lipinski definition) is 1. The van der Waals surface area contributed by atoms with E-state index < -0.39 is 29.0 Å². The molecule has 1 aliphatic rings. The van der Waals surface area contributed by atoms with Gasteiger partial charge in [0.15, 0.2) is 0 Å². The van der Waals surface area contributed by atoms with Crippen LogP contribution in [0.1, 0.15) is 36.9 Å². The number of nitrogens with one attached hydrogen (secondary N) is 1. The first kappa shape index (κ1) is 21.6. The molecule has 8 nitrogen and oxygen atoms in total. The maximum absolute atomic E-state index is 12.9. The largest absolute Gasteiger partial charge is 0.497 e. The first-order valence-corrected chi connectivity index (χ1v) is 9.51. The van der Waals surface area contributed by atoms with E-state index in [4.69, 9.17) is 14.2 Å². The van der Waals surface area contributed by atoms with Gasteiger partial charge in [-0.1, -0.05) is 30.3 Å². The smallest absolute Gasteiger partial charge is 0.326 e. The van der Waals surface area contributed by atoms with Crippen LogP contribution in [0.5, 0.6) is 11.5 Å². The van der Waals surface area contributed by atoms with Crippen LogP contribution in [0.25, 0.3) is 0 Å². The summed E-state index contributed by atoms with van der Waals surface area (Å²) in [5, 5.41) is 15.8. The second-order valence-corrected chi connectivity index (χ2v) is 7.70. The van der Waals surface area contributed by atoms with Crippen LogP contribution in [-0.4, -0.2) is 43.3 Å². The Balaban J connectivity index is 2.26. The van der Waals surface area contributed by atoms with Gasteiger partial charge >= 0.3 is 5.97 Å². The van der Waals surface area contributed by atoms with Crippen molar-refractivity contribution in [1.29, 1.82) is 0 Å². The monoisotopic (exact) mass is 414 g/mol. The van der Waals surface area contributed by atoms with Crippen LogP contribution in [0, 0.1) is 10.1 Å². The fraction of sp³-hybridized carbons (Fsp3) is 0.409. The molecule has 0 amide bonds. The van der Waals surface area contributed by atoms with Gasteiger partial charge in [-0.25, -0.2) is 0 Å². The minimum Gasteiger partial charge on any atom is -0.497 e. The van der Waals surface area contributed by atoms with Gasteiger partial charge in [0.25, 0.3) is 0 Å². The zero-order valence-electron chi connectivity index (χ0n) is 17.7. The lowest BCUT2D eigenvalue weighted by Crippen LogP contribution is -2.51. The summed E-state index contributed by atoms with van der Waals surface area (Å²) in [5.74, 6) is -0.277. The average molecular weight is 414 g/mol. The highest BCUT2D eigenvalue weighted by molar-refractivity contribution is 5.83. The van der Waals surface area contributed by atoms with Gasteiger partial charge in [0.05, 0.1) is 27.2 Å². The van der Waals surface area contributed by atoms with Crippen LogP contribution in [0.15, 0.2) is 48.5 Å². The number of carbonyl (C=O) groups excluding carboxylic acids is 1. The van der Waals surface area contributed by atoms with Crippen LogP contribution in [0.3, 0.4) is 0 Å². The summed E-state index contributed by atoms with van der Waals surface area (Å²) < 4.78 is 15.7. The van der Waals surface area contributed by atoms with E-state index in [1.54, 1.807) is 69.5 Å². The fourth-order valence-corrected chi connectivity index (χ4v) is 4.64. The number of benzene rings is 2. The summed E-state index contributed by atoms with van der Waals surface area (Å²) in [6.07, 6.45) is 0. The number of methoxy groups -OCH3 is 3. The van der Waals surface area contributed by atoms with Crippen molar-refractivity contribution in [3.63, 3.8) is 0 Å². The van der Waals surface area contributed by atoms with E-state index in [-0.39, 0.29) is 4.92 Å². The highest BCUT2D eigenvalue weighted by Crippen LogP contribution is 2.54. The highest BCUT2D eigenvalue weighted by atomic mass is 16.6. The highest BCUT2D eigenvalue weighted by Gasteiger charge is 2.70. The number of hydrogen-bond acceptors (Lipinski definition) is 7. The molecular weight excluding hydrogens is 388 g/mol. The molecule has 3 rings (SSSR count). The van der Waals surface area contributed by atoms with Gasteiger partial charge in [-0.05, 0) is 30.7 Å². The van der Waals surface area contributed by atoms with E-state index >= 15 is 0 Å². The van der Waals surface area contributed by atoms with Crippen molar-refractivity contribution in [1.82, 2.24) is 5.32 Å². The van der Waals surface area contributed by atoms with E-state index in [1.807, 2.05) is 0 Å². The number of ether oxygens (including phenoxy) is 3. The standard InChI is InChI=1S/C22H26N2O6/c1-21(20(25)30-5)18(14-10-12-15(28-3)13-11-14)22(2,24(26)27)19(23-21)16-8-6-7-9-17(16)29-4/h6-13,18-19,23H,1-5H3/t18-,19-,21-,22+/m0/s1. The van der Waals surface area contributed by atoms with Crippen molar-refractivity contribution >= 4 is 5.97 Å². The molecule has 0 aromatic heterocycles. The molecule has 0 aliphatic carbocycles. The molecule has 0 unspecified atom stereocenters. The molecule has 0 spiro atoms. The second kappa shape index (κ2) is 7.95. The molecule has 1 N–H and O–H groups in total. The van der Waals surface area contributed by atoms with Crippen LogP contribution < -0.4 is 14.8 Å². The van der Waals surface area contributed by atoms with Gasteiger partial charge in [0.2, 0.25) is 5.54 Å². The summed E-state index contributed by atoms with van der Waals surface area (Å²) in [5.41, 5.74) is -1.69. The predicted octanol–water partition coefficient (Wildman–Crippen LogP) is 3.10. The zero-order chi connectivity index (χ0) is 22.1. The molecule has 4 atom stereocenters. The normalized spacial score (nSPS) is 28.0. The van der Waals surface area contributed by atoms with Crippen molar-refractivity contribution in [3.05, 3.63) is 69.8 Å².